The van der Waals surface area contributed by atoms with Crippen molar-refractivity contribution >= 4 is 39.9 Å². The molecule has 0 unspecified atom stereocenters. The molecule has 0 aliphatic carbocycles. The van der Waals surface area contributed by atoms with E-state index in [0.29, 0.717) is 20.8 Å². The van der Waals surface area contributed by atoms with Crippen molar-refractivity contribution in [3.63, 3.8) is 0 Å². The second-order valence-electron chi connectivity index (χ2n) is 6.05. The Morgan fingerprint density at radius 2 is 2.11 bits per heavy atom. The van der Waals surface area contributed by atoms with E-state index in [-0.39, 0.29) is 23.4 Å². The first-order chi connectivity index (χ1) is 13.1. The van der Waals surface area contributed by atoms with Crippen LogP contribution in [-0.4, -0.2) is 34.8 Å². The summed E-state index contributed by atoms with van der Waals surface area (Å²) in [5, 5.41) is 11.4. The number of carbonyl (C=O) groups excluding carboxylic acids is 2. The van der Waals surface area contributed by atoms with E-state index in [2.05, 4.69) is 22.4 Å². The van der Waals surface area contributed by atoms with Gasteiger partial charge in [0.2, 0.25) is 11.0 Å². The number of carbonyl (C=O) groups is 2. The largest absolute Gasteiger partial charge is 0.497 e. The zero-order valence-electron chi connectivity index (χ0n) is 15.9. The van der Waals surface area contributed by atoms with Gasteiger partial charge in [-0.05, 0) is 25.0 Å². The fourth-order valence-electron chi connectivity index (χ4n) is 2.50. The summed E-state index contributed by atoms with van der Waals surface area (Å²) < 4.78 is 5.80. The second-order valence-corrected chi connectivity index (χ2v) is 8.25. The molecule has 0 radical (unpaired) electrons. The van der Waals surface area contributed by atoms with Gasteiger partial charge in [0.05, 0.1) is 12.9 Å². The SMILES string of the molecule is CCCC[C@H](CC)C(=O)Nc1nnc(SCC(=O)c2cccc(OC)c2)s1. The van der Waals surface area contributed by atoms with Gasteiger partial charge in [-0.2, -0.15) is 0 Å². The third kappa shape index (κ3) is 6.62. The van der Waals surface area contributed by atoms with Gasteiger partial charge in [0.25, 0.3) is 0 Å². The molecule has 0 aliphatic rings. The molecule has 2 aromatic rings. The lowest BCUT2D eigenvalue weighted by molar-refractivity contribution is -0.120. The Morgan fingerprint density at radius 1 is 1.30 bits per heavy atom. The number of unbranched alkanes of at least 4 members (excludes halogenated alkanes) is 1. The maximum atomic E-state index is 12.3. The van der Waals surface area contributed by atoms with Gasteiger partial charge in [-0.15, -0.1) is 10.2 Å². The van der Waals surface area contributed by atoms with Gasteiger partial charge in [-0.25, -0.2) is 0 Å². The van der Waals surface area contributed by atoms with Crippen LogP contribution in [0.15, 0.2) is 28.6 Å². The van der Waals surface area contributed by atoms with Crippen molar-refractivity contribution in [1.82, 2.24) is 10.2 Å². The molecular weight excluding hydrogens is 382 g/mol. The molecule has 1 N–H and O–H groups in total. The van der Waals surface area contributed by atoms with Crippen LogP contribution >= 0.6 is 23.1 Å². The molecule has 0 aliphatic heterocycles. The number of thioether (sulfide) groups is 1. The summed E-state index contributed by atoms with van der Waals surface area (Å²) in [6, 6.07) is 7.07. The number of hydrogen-bond donors (Lipinski definition) is 1. The monoisotopic (exact) mass is 407 g/mol. The minimum absolute atomic E-state index is 0.000378. The van der Waals surface area contributed by atoms with E-state index >= 15 is 0 Å². The molecule has 1 heterocycles. The highest BCUT2D eigenvalue weighted by Crippen LogP contribution is 2.27. The molecule has 2 rings (SSSR count). The molecule has 1 amide bonds. The van der Waals surface area contributed by atoms with Crippen LogP contribution in [0.3, 0.4) is 0 Å². The van der Waals surface area contributed by atoms with Crippen LogP contribution in [0.25, 0.3) is 0 Å². The number of nitrogens with one attached hydrogen (secondary N) is 1. The van der Waals surface area contributed by atoms with Gasteiger partial charge in [0.15, 0.2) is 10.1 Å². The minimum Gasteiger partial charge on any atom is -0.497 e. The molecule has 0 spiro atoms. The number of anilines is 1. The third-order valence-electron chi connectivity index (χ3n) is 4.12. The Morgan fingerprint density at radius 3 is 2.81 bits per heavy atom. The second kappa shape index (κ2) is 11.0. The molecule has 1 atom stereocenters. The molecule has 27 heavy (non-hydrogen) atoms. The van der Waals surface area contributed by atoms with Crippen LogP contribution in [0.4, 0.5) is 5.13 Å². The number of methoxy groups -OCH3 is 1. The number of benzene rings is 1. The highest BCUT2D eigenvalue weighted by molar-refractivity contribution is 8.01. The zero-order chi connectivity index (χ0) is 19.6. The molecular formula is C19H25N3O3S2. The number of rotatable bonds is 11. The topological polar surface area (TPSA) is 81.2 Å². The number of amides is 1. The maximum Gasteiger partial charge on any atom is 0.229 e. The molecule has 0 saturated carbocycles. The maximum absolute atomic E-state index is 12.3. The molecule has 0 fully saturated rings. The lowest BCUT2D eigenvalue weighted by Crippen LogP contribution is -2.22. The van der Waals surface area contributed by atoms with Crippen LogP contribution in [0.2, 0.25) is 0 Å². The van der Waals surface area contributed by atoms with Crippen molar-refractivity contribution < 1.29 is 14.3 Å². The van der Waals surface area contributed by atoms with Gasteiger partial charge in [0.1, 0.15) is 5.75 Å². The van der Waals surface area contributed by atoms with E-state index in [0.717, 1.165) is 25.7 Å². The first kappa shape index (κ1) is 21.4. The number of ether oxygens (including phenoxy) is 1. The predicted molar refractivity (Wildman–Crippen MR) is 110 cm³/mol. The molecule has 146 valence electrons. The number of ketones is 1. The Bertz CT molecular complexity index is 764. The Labute approximate surface area is 168 Å². The lowest BCUT2D eigenvalue weighted by Gasteiger charge is -2.12. The van der Waals surface area contributed by atoms with Crippen molar-refractivity contribution in [3.8, 4) is 5.75 Å². The highest BCUT2D eigenvalue weighted by Gasteiger charge is 2.18. The van der Waals surface area contributed by atoms with Crippen molar-refractivity contribution in [2.45, 2.75) is 43.9 Å². The van der Waals surface area contributed by atoms with E-state index in [1.54, 1.807) is 31.4 Å². The lowest BCUT2D eigenvalue weighted by atomic mass is 9.99. The summed E-state index contributed by atoms with van der Waals surface area (Å²) in [5.74, 6) is 0.889. The van der Waals surface area contributed by atoms with Gasteiger partial charge in [-0.1, -0.05) is 61.9 Å². The van der Waals surface area contributed by atoms with Crippen LogP contribution < -0.4 is 10.1 Å². The van der Waals surface area contributed by atoms with E-state index in [1.807, 2.05) is 6.92 Å². The summed E-state index contributed by atoms with van der Waals surface area (Å²) in [6.45, 7) is 4.14. The summed E-state index contributed by atoms with van der Waals surface area (Å²) in [5.41, 5.74) is 0.599. The van der Waals surface area contributed by atoms with Crippen molar-refractivity contribution in [2.24, 2.45) is 5.92 Å². The fourth-order valence-corrected chi connectivity index (χ4v) is 4.15. The molecule has 1 aromatic carbocycles. The number of Topliss-reactive ketones (excluding diaryl/α,β-unsaturated/α-hetero) is 1. The standard InChI is InChI=1S/C19H25N3O3S2/c1-4-6-8-13(5-2)17(24)20-18-21-22-19(27-18)26-12-16(23)14-9-7-10-15(11-14)25-3/h7,9-11,13H,4-6,8,12H2,1-3H3,(H,20,21,24)/t13-/m0/s1. The van der Waals surface area contributed by atoms with Crippen LogP contribution in [0.5, 0.6) is 5.75 Å². The predicted octanol–water partition coefficient (Wildman–Crippen LogP) is 4.68. The number of nitrogens with zero attached hydrogens (tertiary/aromatic N) is 2. The van der Waals surface area contributed by atoms with Crippen LogP contribution in [0, 0.1) is 5.92 Å². The highest BCUT2D eigenvalue weighted by atomic mass is 32.2. The molecule has 0 saturated heterocycles. The first-order valence-electron chi connectivity index (χ1n) is 9.01. The summed E-state index contributed by atoms with van der Waals surface area (Å²) in [6.07, 6.45) is 3.80. The Hall–Kier alpha value is -1.93. The number of aromatic nitrogens is 2. The van der Waals surface area contributed by atoms with E-state index < -0.39 is 0 Å². The normalized spacial score (nSPS) is 11.8. The summed E-state index contributed by atoms with van der Waals surface area (Å²) >= 11 is 2.61. The van der Waals surface area contributed by atoms with Crippen molar-refractivity contribution in [3.05, 3.63) is 29.8 Å². The van der Waals surface area contributed by atoms with Gasteiger partial charge in [0, 0.05) is 11.5 Å². The Kier molecular flexibility index (Phi) is 8.74. The Balaban J connectivity index is 1.88. The van der Waals surface area contributed by atoms with Gasteiger partial charge >= 0.3 is 0 Å². The quantitative estimate of drug-likeness (QED) is 0.331. The van der Waals surface area contributed by atoms with Gasteiger partial charge < -0.3 is 10.1 Å². The van der Waals surface area contributed by atoms with Crippen molar-refractivity contribution in [1.29, 1.82) is 0 Å². The van der Waals surface area contributed by atoms with E-state index in [1.165, 1.54) is 23.1 Å². The molecule has 1 aromatic heterocycles. The average Bonchev–Trinajstić information content (AvgIpc) is 3.14. The smallest absolute Gasteiger partial charge is 0.229 e. The molecule has 0 bridgehead atoms. The van der Waals surface area contributed by atoms with E-state index in [9.17, 15) is 9.59 Å². The summed E-state index contributed by atoms with van der Waals surface area (Å²) in [7, 11) is 1.57. The fraction of sp³-hybridized carbons (Fsp3) is 0.474. The van der Waals surface area contributed by atoms with Crippen LogP contribution in [-0.2, 0) is 4.79 Å². The van der Waals surface area contributed by atoms with Crippen LogP contribution in [0.1, 0.15) is 49.9 Å². The zero-order valence-corrected chi connectivity index (χ0v) is 17.5. The minimum atomic E-state index is -0.00898. The molecule has 8 heteroatoms. The average molecular weight is 408 g/mol. The summed E-state index contributed by atoms with van der Waals surface area (Å²) in [4.78, 5) is 24.6. The first-order valence-corrected chi connectivity index (χ1v) is 10.8. The third-order valence-corrected chi connectivity index (χ3v) is 6.10. The number of hydrogen-bond acceptors (Lipinski definition) is 7. The molecule has 6 nitrogen and oxygen atoms in total. The van der Waals surface area contributed by atoms with Gasteiger partial charge in [-0.3, -0.25) is 9.59 Å². The van der Waals surface area contributed by atoms with Crippen molar-refractivity contribution in [2.75, 3.05) is 18.2 Å². The van der Waals surface area contributed by atoms with E-state index in [4.69, 9.17) is 4.74 Å².